The van der Waals surface area contributed by atoms with E-state index in [9.17, 15) is 4.79 Å². The Balaban J connectivity index is 2.07. The lowest BCUT2D eigenvalue weighted by Crippen LogP contribution is -2.24. The first-order chi connectivity index (χ1) is 6.77. The Kier molecular flexibility index (Phi) is 2.49. The van der Waals surface area contributed by atoms with Gasteiger partial charge in [0.05, 0.1) is 6.20 Å². The summed E-state index contributed by atoms with van der Waals surface area (Å²) >= 11 is 0. The average molecular weight is 196 g/mol. The summed E-state index contributed by atoms with van der Waals surface area (Å²) in [7, 11) is 0. The molecule has 1 aliphatic heterocycles. The number of hydrogen-bond donors (Lipinski definition) is 2. The Hall–Kier alpha value is -1.36. The van der Waals surface area contributed by atoms with Gasteiger partial charge in [-0.1, -0.05) is 5.16 Å². The molecule has 2 heterocycles. The van der Waals surface area contributed by atoms with Crippen LogP contribution in [-0.4, -0.2) is 28.8 Å². The molecule has 0 spiro atoms. The van der Waals surface area contributed by atoms with Crippen LogP contribution in [0.2, 0.25) is 0 Å². The normalized spacial score (nSPS) is 21.3. The molecular formula is C9H12N2O3. The Bertz CT molecular complexity index is 329. The lowest BCUT2D eigenvalue weighted by molar-refractivity contribution is 0.0694. The van der Waals surface area contributed by atoms with Crippen molar-refractivity contribution < 1.29 is 14.4 Å². The monoisotopic (exact) mass is 196 g/mol. The zero-order chi connectivity index (χ0) is 9.97. The summed E-state index contributed by atoms with van der Waals surface area (Å²) in [6, 6.07) is 0.334. The third kappa shape index (κ3) is 1.77. The third-order valence-corrected chi connectivity index (χ3v) is 2.47. The van der Waals surface area contributed by atoms with Gasteiger partial charge in [0.15, 0.2) is 5.76 Å². The van der Waals surface area contributed by atoms with Crippen molar-refractivity contribution in [3.63, 3.8) is 0 Å². The van der Waals surface area contributed by atoms with E-state index >= 15 is 0 Å². The SMILES string of the molecule is O=C(O)c1cnoc1CC1CCCN1. The maximum absolute atomic E-state index is 10.7. The molecule has 5 heteroatoms. The smallest absolute Gasteiger partial charge is 0.340 e. The van der Waals surface area contributed by atoms with E-state index in [-0.39, 0.29) is 5.56 Å². The summed E-state index contributed by atoms with van der Waals surface area (Å²) in [5, 5.41) is 15.6. The standard InChI is InChI=1S/C9H12N2O3/c12-9(13)7-5-11-14-8(7)4-6-2-1-3-10-6/h5-6,10H,1-4H2,(H,12,13). The van der Waals surface area contributed by atoms with Crippen molar-refractivity contribution in [1.82, 2.24) is 10.5 Å². The van der Waals surface area contributed by atoms with Crippen molar-refractivity contribution >= 4 is 5.97 Å². The van der Waals surface area contributed by atoms with E-state index in [4.69, 9.17) is 9.63 Å². The van der Waals surface area contributed by atoms with Crippen molar-refractivity contribution in [2.24, 2.45) is 0 Å². The Morgan fingerprint density at radius 1 is 1.79 bits per heavy atom. The van der Waals surface area contributed by atoms with Gasteiger partial charge in [-0.05, 0) is 19.4 Å². The summed E-state index contributed by atoms with van der Waals surface area (Å²) in [6.45, 7) is 1.00. The predicted octanol–water partition coefficient (Wildman–Crippen LogP) is 0.667. The number of aromatic carboxylic acids is 1. The van der Waals surface area contributed by atoms with Crippen LogP contribution in [0.1, 0.15) is 29.0 Å². The lowest BCUT2D eigenvalue weighted by atomic mass is 10.1. The Morgan fingerprint density at radius 3 is 3.29 bits per heavy atom. The first kappa shape index (κ1) is 9.21. The van der Waals surface area contributed by atoms with Gasteiger partial charge in [0.25, 0.3) is 0 Å². The molecule has 5 nitrogen and oxygen atoms in total. The van der Waals surface area contributed by atoms with Crippen molar-refractivity contribution in [1.29, 1.82) is 0 Å². The highest BCUT2D eigenvalue weighted by Crippen LogP contribution is 2.15. The van der Waals surface area contributed by atoms with Gasteiger partial charge in [-0.25, -0.2) is 4.79 Å². The van der Waals surface area contributed by atoms with Gasteiger partial charge in [0.1, 0.15) is 5.56 Å². The van der Waals surface area contributed by atoms with Crippen LogP contribution in [0.5, 0.6) is 0 Å². The molecule has 1 fully saturated rings. The molecule has 1 aromatic rings. The van der Waals surface area contributed by atoms with E-state index in [0.29, 0.717) is 18.2 Å². The molecule has 1 aliphatic rings. The number of nitrogens with zero attached hydrogens (tertiary/aromatic N) is 1. The molecule has 1 atom stereocenters. The molecule has 0 radical (unpaired) electrons. The second-order valence-electron chi connectivity index (χ2n) is 3.47. The topological polar surface area (TPSA) is 75.4 Å². The first-order valence-corrected chi connectivity index (χ1v) is 4.67. The number of carboxylic acids is 1. The van der Waals surface area contributed by atoms with Crippen LogP contribution in [0.25, 0.3) is 0 Å². The molecule has 0 aromatic carbocycles. The van der Waals surface area contributed by atoms with Crippen molar-refractivity contribution in [2.45, 2.75) is 25.3 Å². The summed E-state index contributed by atoms with van der Waals surface area (Å²) in [6.07, 6.45) is 4.08. The molecule has 0 bridgehead atoms. The molecule has 0 aliphatic carbocycles. The van der Waals surface area contributed by atoms with Crippen LogP contribution < -0.4 is 5.32 Å². The minimum atomic E-state index is -0.973. The van der Waals surface area contributed by atoms with E-state index in [2.05, 4.69) is 10.5 Å². The van der Waals surface area contributed by atoms with Gasteiger partial charge in [-0.3, -0.25) is 0 Å². The van der Waals surface area contributed by atoms with Crippen molar-refractivity contribution in [2.75, 3.05) is 6.54 Å². The fourth-order valence-electron chi connectivity index (χ4n) is 1.74. The maximum Gasteiger partial charge on any atom is 0.340 e. The molecule has 0 amide bonds. The molecule has 2 N–H and O–H groups in total. The minimum absolute atomic E-state index is 0.179. The number of aromatic nitrogens is 1. The first-order valence-electron chi connectivity index (χ1n) is 4.67. The van der Waals surface area contributed by atoms with E-state index in [1.165, 1.54) is 6.20 Å². The molecule has 1 aromatic heterocycles. The predicted molar refractivity (Wildman–Crippen MR) is 48.2 cm³/mol. The number of carbonyl (C=O) groups is 1. The summed E-state index contributed by atoms with van der Waals surface area (Å²) in [5.74, 6) is -0.504. The second-order valence-corrected chi connectivity index (χ2v) is 3.47. The second kappa shape index (κ2) is 3.79. The third-order valence-electron chi connectivity index (χ3n) is 2.47. The zero-order valence-corrected chi connectivity index (χ0v) is 7.69. The largest absolute Gasteiger partial charge is 0.478 e. The summed E-state index contributed by atoms with van der Waals surface area (Å²) in [5.41, 5.74) is 0.179. The van der Waals surface area contributed by atoms with Crippen LogP contribution >= 0.6 is 0 Å². The summed E-state index contributed by atoms with van der Waals surface area (Å²) < 4.78 is 4.92. The molecule has 76 valence electrons. The average Bonchev–Trinajstić information content (AvgIpc) is 2.75. The van der Waals surface area contributed by atoms with Crippen molar-refractivity contribution in [3.8, 4) is 0 Å². The fraction of sp³-hybridized carbons (Fsp3) is 0.556. The van der Waals surface area contributed by atoms with Gasteiger partial charge in [0.2, 0.25) is 0 Å². The highest BCUT2D eigenvalue weighted by atomic mass is 16.5. The maximum atomic E-state index is 10.7. The van der Waals surface area contributed by atoms with E-state index < -0.39 is 5.97 Å². The van der Waals surface area contributed by atoms with Gasteiger partial charge >= 0.3 is 5.97 Å². The molecule has 0 saturated carbocycles. The van der Waals surface area contributed by atoms with Gasteiger partial charge < -0.3 is 14.9 Å². The van der Waals surface area contributed by atoms with Gasteiger partial charge in [0, 0.05) is 12.5 Å². The van der Waals surface area contributed by atoms with Crippen LogP contribution in [0.4, 0.5) is 0 Å². The molecule has 14 heavy (non-hydrogen) atoms. The zero-order valence-electron chi connectivity index (χ0n) is 7.69. The van der Waals surface area contributed by atoms with E-state index in [1.54, 1.807) is 0 Å². The van der Waals surface area contributed by atoms with Crippen molar-refractivity contribution in [3.05, 3.63) is 17.5 Å². The van der Waals surface area contributed by atoms with Crippen LogP contribution in [0.3, 0.4) is 0 Å². The number of hydrogen-bond acceptors (Lipinski definition) is 4. The molecular weight excluding hydrogens is 184 g/mol. The lowest BCUT2D eigenvalue weighted by Gasteiger charge is -2.06. The van der Waals surface area contributed by atoms with Crippen LogP contribution in [0.15, 0.2) is 10.7 Å². The van der Waals surface area contributed by atoms with Gasteiger partial charge in [-0.15, -0.1) is 0 Å². The number of rotatable bonds is 3. The van der Waals surface area contributed by atoms with Crippen LogP contribution in [0, 0.1) is 0 Å². The Labute approximate surface area is 81.1 Å². The molecule has 1 saturated heterocycles. The van der Waals surface area contributed by atoms with Gasteiger partial charge in [-0.2, -0.15) is 0 Å². The Morgan fingerprint density at radius 2 is 2.64 bits per heavy atom. The highest BCUT2D eigenvalue weighted by Gasteiger charge is 2.21. The molecule has 1 unspecified atom stereocenters. The summed E-state index contributed by atoms with van der Waals surface area (Å²) in [4.78, 5) is 10.7. The molecule has 2 rings (SSSR count). The van der Waals surface area contributed by atoms with E-state index in [1.807, 2.05) is 0 Å². The minimum Gasteiger partial charge on any atom is -0.478 e. The van der Waals surface area contributed by atoms with E-state index in [0.717, 1.165) is 19.4 Å². The highest BCUT2D eigenvalue weighted by molar-refractivity contribution is 5.88. The fourth-order valence-corrected chi connectivity index (χ4v) is 1.74. The van der Waals surface area contributed by atoms with Crippen LogP contribution in [-0.2, 0) is 6.42 Å². The number of carboxylic acid groups (broad SMARTS) is 1. The quantitative estimate of drug-likeness (QED) is 0.743. The number of nitrogens with one attached hydrogen (secondary N) is 1.